The normalized spacial score (nSPS) is 19.6. The summed E-state index contributed by atoms with van der Waals surface area (Å²) >= 11 is 0. The van der Waals surface area contributed by atoms with Crippen LogP contribution in [-0.4, -0.2) is 53.9 Å². The third-order valence-electron chi connectivity index (χ3n) is 5.84. The van der Waals surface area contributed by atoms with Gasteiger partial charge >= 0.3 is 0 Å². The number of ether oxygens (including phenoxy) is 1. The Morgan fingerprint density at radius 3 is 2.30 bits per heavy atom. The van der Waals surface area contributed by atoms with Gasteiger partial charge in [0.1, 0.15) is 5.75 Å². The lowest BCUT2D eigenvalue weighted by atomic mass is 9.86. The second-order valence-electron chi connectivity index (χ2n) is 7.82. The molecule has 0 aromatic heterocycles. The highest BCUT2D eigenvalue weighted by Crippen LogP contribution is 2.27. The Morgan fingerprint density at radius 2 is 1.63 bits per heavy atom. The van der Waals surface area contributed by atoms with E-state index in [0.717, 1.165) is 12.3 Å². The zero-order chi connectivity index (χ0) is 19.1. The molecule has 1 unspecified atom stereocenters. The van der Waals surface area contributed by atoms with Crippen LogP contribution in [0.25, 0.3) is 0 Å². The van der Waals surface area contributed by atoms with Gasteiger partial charge in [-0.15, -0.1) is 0 Å². The lowest BCUT2D eigenvalue weighted by Crippen LogP contribution is -2.53. The number of hydrogen-bond donors (Lipinski definition) is 0. The molecule has 1 atom stereocenters. The minimum Gasteiger partial charge on any atom is -0.481 e. The summed E-state index contributed by atoms with van der Waals surface area (Å²) in [5.74, 6) is 1.69. The minimum absolute atomic E-state index is 0.00634. The van der Waals surface area contributed by atoms with Gasteiger partial charge in [0.2, 0.25) is 5.91 Å². The van der Waals surface area contributed by atoms with Crippen molar-refractivity contribution in [2.75, 3.05) is 26.2 Å². The zero-order valence-electron chi connectivity index (χ0n) is 16.4. The molecule has 2 aliphatic rings. The predicted molar refractivity (Wildman–Crippen MR) is 106 cm³/mol. The van der Waals surface area contributed by atoms with Gasteiger partial charge < -0.3 is 14.5 Å². The van der Waals surface area contributed by atoms with Gasteiger partial charge in [-0.1, -0.05) is 50.3 Å². The van der Waals surface area contributed by atoms with Crippen LogP contribution in [0, 0.1) is 5.92 Å². The fraction of sp³-hybridized carbons (Fsp3) is 0.636. The molecule has 0 spiro atoms. The van der Waals surface area contributed by atoms with Gasteiger partial charge in [-0.05, 0) is 31.4 Å². The van der Waals surface area contributed by atoms with Crippen molar-refractivity contribution in [1.29, 1.82) is 0 Å². The number of rotatable bonds is 6. The standard InChI is InChI=1S/C22H32N2O3/c1-18(27-20-10-6-3-7-11-20)22(26)24-16-14-23(15-17-24)21(25)13-12-19-8-4-2-5-9-19/h3,6-7,10-11,18-19H,2,4-5,8-9,12-17H2,1H3. The Hall–Kier alpha value is -2.04. The first kappa shape index (κ1) is 19.7. The van der Waals surface area contributed by atoms with Gasteiger partial charge in [0.15, 0.2) is 6.10 Å². The summed E-state index contributed by atoms with van der Waals surface area (Å²) < 4.78 is 5.74. The second kappa shape index (κ2) is 9.77. The molecule has 1 aromatic carbocycles. The van der Waals surface area contributed by atoms with Crippen molar-refractivity contribution in [3.05, 3.63) is 30.3 Å². The molecule has 0 N–H and O–H groups in total. The Balaban J connectivity index is 1.39. The van der Waals surface area contributed by atoms with E-state index in [1.807, 2.05) is 40.1 Å². The molecule has 2 amide bonds. The highest BCUT2D eigenvalue weighted by molar-refractivity contribution is 5.81. The van der Waals surface area contributed by atoms with E-state index in [1.54, 1.807) is 6.92 Å². The van der Waals surface area contributed by atoms with E-state index in [0.29, 0.717) is 38.3 Å². The minimum atomic E-state index is -0.513. The molecule has 0 bridgehead atoms. The third kappa shape index (κ3) is 5.72. The van der Waals surface area contributed by atoms with E-state index in [9.17, 15) is 9.59 Å². The first-order valence-corrected chi connectivity index (χ1v) is 10.4. The number of carbonyl (C=O) groups excluding carboxylic acids is 2. The maximum absolute atomic E-state index is 12.6. The molecule has 1 saturated carbocycles. The fourth-order valence-corrected chi connectivity index (χ4v) is 4.15. The van der Waals surface area contributed by atoms with E-state index >= 15 is 0 Å². The van der Waals surface area contributed by atoms with Crippen molar-refractivity contribution in [1.82, 2.24) is 9.80 Å². The van der Waals surface area contributed by atoms with Crippen LogP contribution < -0.4 is 4.74 Å². The highest BCUT2D eigenvalue weighted by atomic mass is 16.5. The molecule has 1 saturated heterocycles. The van der Waals surface area contributed by atoms with Crippen LogP contribution in [0.2, 0.25) is 0 Å². The summed E-state index contributed by atoms with van der Waals surface area (Å²) in [5, 5.41) is 0. The van der Waals surface area contributed by atoms with Gasteiger partial charge in [0.05, 0.1) is 0 Å². The Kier molecular flexibility index (Phi) is 7.13. The molecule has 2 fully saturated rings. The number of nitrogens with zero attached hydrogens (tertiary/aromatic N) is 2. The van der Waals surface area contributed by atoms with Gasteiger partial charge in [0, 0.05) is 32.6 Å². The van der Waals surface area contributed by atoms with E-state index < -0.39 is 6.10 Å². The number of amides is 2. The summed E-state index contributed by atoms with van der Waals surface area (Å²) in [6.07, 6.45) is 7.75. The Morgan fingerprint density at radius 1 is 1.00 bits per heavy atom. The van der Waals surface area contributed by atoms with E-state index in [4.69, 9.17) is 4.74 Å². The molecule has 5 heteroatoms. The largest absolute Gasteiger partial charge is 0.481 e. The maximum atomic E-state index is 12.6. The van der Waals surface area contributed by atoms with Crippen LogP contribution in [0.5, 0.6) is 5.75 Å². The number of para-hydroxylation sites is 1. The monoisotopic (exact) mass is 372 g/mol. The topological polar surface area (TPSA) is 49.9 Å². The Labute approximate surface area is 162 Å². The van der Waals surface area contributed by atoms with Crippen molar-refractivity contribution >= 4 is 11.8 Å². The lowest BCUT2D eigenvalue weighted by molar-refractivity contribution is -0.143. The van der Waals surface area contributed by atoms with Crippen molar-refractivity contribution in [2.24, 2.45) is 5.92 Å². The molecule has 27 heavy (non-hydrogen) atoms. The van der Waals surface area contributed by atoms with Crippen LogP contribution in [0.4, 0.5) is 0 Å². The smallest absolute Gasteiger partial charge is 0.263 e. The zero-order valence-corrected chi connectivity index (χ0v) is 16.4. The average Bonchev–Trinajstić information content (AvgIpc) is 2.73. The van der Waals surface area contributed by atoms with Crippen molar-refractivity contribution in [3.8, 4) is 5.75 Å². The number of hydrogen-bond acceptors (Lipinski definition) is 3. The molecule has 0 radical (unpaired) electrons. The maximum Gasteiger partial charge on any atom is 0.263 e. The van der Waals surface area contributed by atoms with E-state index in [-0.39, 0.29) is 11.8 Å². The molecule has 5 nitrogen and oxygen atoms in total. The molecule has 1 aliphatic carbocycles. The summed E-state index contributed by atoms with van der Waals surface area (Å²) in [7, 11) is 0. The lowest BCUT2D eigenvalue weighted by Gasteiger charge is -2.36. The number of benzene rings is 1. The molecule has 1 aliphatic heterocycles. The molecule has 1 aromatic rings. The second-order valence-corrected chi connectivity index (χ2v) is 7.82. The molecule has 1 heterocycles. The van der Waals surface area contributed by atoms with Gasteiger partial charge in [-0.25, -0.2) is 0 Å². The van der Waals surface area contributed by atoms with Crippen LogP contribution in [0.1, 0.15) is 51.9 Å². The van der Waals surface area contributed by atoms with Gasteiger partial charge in [-0.3, -0.25) is 9.59 Å². The van der Waals surface area contributed by atoms with E-state index in [1.165, 1.54) is 32.1 Å². The van der Waals surface area contributed by atoms with E-state index in [2.05, 4.69) is 0 Å². The molecular weight excluding hydrogens is 340 g/mol. The molecule has 148 valence electrons. The number of carbonyl (C=O) groups is 2. The molecule has 3 rings (SSSR count). The van der Waals surface area contributed by atoms with Crippen molar-refractivity contribution in [3.63, 3.8) is 0 Å². The first-order chi connectivity index (χ1) is 13.1. The summed E-state index contributed by atoms with van der Waals surface area (Å²) in [6, 6.07) is 9.41. The van der Waals surface area contributed by atoms with Crippen LogP contribution in [0.3, 0.4) is 0 Å². The van der Waals surface area contributed by atoms with Crippen LogP contribution in [0.15, 0.2) is 30.3 Å². The quantitative estimate of drug-likeness (QED) is 0.768. The van der Waals surface area contributed by atoms with Crippen molar-refractivity contribution < 1.29 is 14.3 Å². The summed E-state index contributed by atoms with van der Waals surface area (Å²) in [5.41, 5.74) is 0. The highest BCUT2D eigenvalue weighted by Gasteiger charge is 2.28. The molecular formula is C22H32N2O3. The average molecular weight is 373 g/mol. The third-order valence-corrected chi connectivity index (χ3v) is 5.84. The first-order valence-electron chi connectivity index (χ1n) is 10.4. The predicted octanol–water partition coefficient (Wildman–Crippen LogP) is 3.49. The van der Waals surface area contributed by atoms with Crippen LogP contribution >= 0.6 is 0 Å². The van der Waals surface area contributed by atoms with Crippen molar-refractivity contribution in [2.45, 2.75) is 58.0 Å². The fourth-order valence-electron chi connectivity index (χ4n) is 4.15. The summed E-state index contributed by atoms with van der Waals surface area (Å²) in [6.45, 7) is 4.24. The Bertz CT molecular complexity index is 605. The SMILES string of the molecule is CC(Oc1ccccc1)C(=O)N1CCN(C(=O)CCC2CCCCC2)CC1. The number of piperazine rings is 1. The van der Waals surface area contributed by atoms with Gasteiger partial charge in [0.25, 0.3) is 5.91 Å². The van der Waals surface area contributed by atoms with Gasteiger partial charge in [-0.2, -0.15) is 0 Å². The summed E-state index contributed by atoms with van der Waals surface area (Å²) in [4.78, 5) is 28.8. The van der Waals surface area contributed by atoms with Crippen LogP contribution in [-0.2, 0) is 9.59 Å².